The Bertz CT molecular complexity index is 1120. The summed E-state index contributed by atoms with van der Waals surface area (Å²) in [5, 5.41) is 0. The van der Waals surface area contributed by atoms with Crippen LogP contribution in [0.1, 0.15) is 19.4 Å². The minimum atomic E-state index is -4.98. The van der Waals surface area contributed by atoms with Crippen LogP contribution < -0.4 is 9.47 Å². The highest BCUT2D eigenvalue weighted by Gasteiger charge is 2.49. The molecule has 190 valence electrons. The van der Waals surface area contributed by atoms with Crippen molar-refractivity contribution in [1.82, 2.24) is 0 Å². The predicted octanol–water partition coefficient (Wildman–Crippen LogP) is 4.72. The van der Waals surface area contributed by atoms with Crippen molar-refractivity contribution in [2.24, 2.45) is 5.92 Å². The van der Waals surface area contributed by atoms with E-state index in [-0.39, 0.29) is 5.56 Å². The second-order valence-corrected chi connectivity index (χ2v) is 7.68. The molecule has 35 heavy (non-hydrogen) atoms. The quantitative estimate of drug-likeness (QED) is 0.183. The third-order valence-corrected chi connectivity index (χ3v) is 4.64. The summed E-state index contributed by atoms with van der Waals surface area (Å²) in [7, 11) is 0. The van der Waals surface area contributed by atoms with Gasteiger partial charge in [0.1, 0.15) is 5.75 Å². The molecule has 14 heteroatoms. The summed E-state index contributed by atoms with van der Waals surface area (Å²) in [5.41, 5.74) is 0.0972. The smallest absolute Gasteiger partial charge is 0.432 e. The van der Waals surface area contributed by atoms with Crippen LogP contribution in [0.3, 0.4) is 0 Å². The summed E-state index contributed by atoms with van der Waals surface area (Å²) >= 11 is 0. The molecule has 1 aliphatic rings. The lowest BCUT2D eigenvalue weighted by Gasteiger charge is -2.21. The van der Waals surface area contributed by atoms with Gasteiger partial charge in [0.15, 0.2) is 6.10 Å². The zero-order valence-corrected chi connectivity index (χ0v) is 17.6. The summed E-state index contributed by atoms with van der Waals surface area (Å²) in [4.78, 5) is 25.0. The molecule has 0 saturated carbocycles. The molecule has 2 aromatic rings. The van der Waals surface area contributed by atoms with Gasteiger partial charge in [-0.1, -0.05) is 12.1 Å². The standard InChI is InChI=1S/C21H14F8O6/c1-20(2)34-16(19(31)35-20)10(7-8-3-5-9(6-4-8)33-21(27,28)29)18(30)32-17-14(25)12(23)11(22)13(24)15(17)26/h3-6,10,16H,7H2,1-2H3/t10?,16-/m0/s1. The monoisotopic (exact) mass is 514 g/mol. The Morgan fingerprint density at radius 2 is 1.49 bits per heavy atom. The molecule has 0 amide bonds. The van der Waals surface area contributed by atoms with Gasteiger partial charge in [-0.2, -0.15) is 8.78 Å². The topological polar surface area (TPSA) is 71.1 Å². The van der Waals surface area contributed by atoms with E-state index in [0.29, 0.717) is 0 Å². The molecule has 0 N–H and O–H groups in total. The van der Waals surface area contributed by atoms with Gasteiger partial charge < -0.3 is 18.9 Å². The van der Waals surface area contributed by atoms with Gasteiger partial charge in [-0.05, 0) is 24.1 Å². The largest absolute Gasteiger partial charge is 0.573 e. The lowest BCUT2D eigenvalue weighted by Crippen LogP contribution is -2.38. The fourth-order valence-corrected chi connectivity index (χ4v) is 3.17. The number of benzene rings is 2. The van der Waals surface area contributed by atoms with E-state index in [4.69, 9.17) is 9.47 Å². The van der Waals surface area contributed by atoms with Crippen molar-refractivity contribution in [3.8, 4) is 11.5 Å². The van der Waals surface area contributed by atoms with Crippen LogP contribution in [0.5, 0.6) is 11.5 Å². The third-order valence-electron chi connectivity index (χ3n) is 4.64. The lowest BCUT2D eigenvalue weighted by molar-refractivity contribution is -0.274. The maximum atomic E-state index is 14.0. The van der Waals surface area contributed by atoms with Gasteiger partial charge in [0.2, 0.25) is 40.6 Å². The number of hydrogen-bond donors (Lipinski definition) is 0. The molecule has 1 saturated heterocycles. The van der Waals surface area contributed by atoms with Crippen molar-refractivity contribution in [1.29, 1.82) is 0 Å². The Kier molecular flexibility index (Phi) is 6.97. The van der Waals surface area contributed by atoms with E-state index in [1.807, 2.05) is 0 Å². The first kappa shape index (κ1) is 26.2. The van der Waals surface area contributed by atoms with Crippen molar-refractivity contribution >= 4 is 11.9 Å². The lowest BCUT2D eigenvalue weighted by atomic mass is 9.93. The van der Waals surface area contributed by atoms with Gasteiger partial charge >= 0.3 is 18.3 Å². The van der Waals surface area contributed by atoms with Crippen molar-refractivity contribution in [3.05, 3.63) is 58.9 Å². The molecule has 0 radical (unpaired) electrons. The molecule has 0 aliphatic carbocycles. The Hall–Kier alpha value is -3.42. The van der Waals surface area contributed by atoms with Crippen LogP contribution in [-0.2, 0) is 25.5 Å². The van der Waals surface area contributed by atoms with Crippen LogP contribution in [-0.4, -0.2) is 30.2 Å². The number of alkyl halides is 3. The first-order chi connectivity index (χ1) is 16.1. The number of hydrogen-bond acceptors (Lipinski definition) is 6. The number of rotatable bonds is 6. The Balaban J connectivity index is 1.93. The highest BCUT2D eigenvalue weighted by atomic mass is 19.4. The number of carbonyl (C=O) groups is 2. The maximum Gasteiger partial charge on any atom is 0.573 e. The van der Waals surface area contributed by atoms with E-state index < -0.39 is 83.1 Å². The molecule has 1 fully saturated rings. The SMILES string of the molecule is CC1(C)OC(=O)[C@H](C(Cc2ccc(OC(F)(F)F)cc2)C(=O)Oc2c(F)c(F)c(F)c(F)c2F)O1. The van der Waals surface area contributed by atoms with E-state index in [2.05, 4.69) is 9.47 Å². The normalized spacial score (nSPS) is 18.2. The molecule has 0 spiro atoms. The average molecular weight is 514 g/mol. The van der Waals surface area contributed by atoms with Crippen LogP contribution in [0.4, 0.5) is 35.1 Å². The fourth-order valence-electron chi connectivity index (χ4n) is 3.17. The third kappa shape index (κ3) is 5.81. The van der Waals surface area contributed by atoms with Crippen molar-refractivity contribution < 1.29 is 63.7 Å². The van der Waals surface area contributed by atoms with E-state index >= 15 is 0 Å². The molecule has 0 bridgehead atoms. The van der Waals surface area contributed by atoms with Crippen LogP contribution in [0.15, 0.2) is 24.3 Å². The van der Waals surface area contributed by atoms with Crippen LogP contribution in [0, 0.1) is 35.0 Å². The zero-order chi connectivity index (χ0) is 26.3. The van der Waals surface area contributed by atoms with Crippen molar-refractivity contribution in [2.45, 2.75) is 38.5 Å². The van der Waals surface area contributed by atoms with Crippen molar-refractivity contribution in [3.63, 3.8) is 0 Å². The number of ether oxygens (including phenoxy) is 4. The van der Waals surface area contributed by atoms with Gasteiger partial charge in [0.25, 0.3) is 0 Å². The molecule has 1 heterocycles. The first-order valence-corrected chi connectivity index (χ1v) is 9.58. The first-order valence-electron chi connectivity index (χ1n) is 9.58. The molecule has 0 aromatic heterocycles. The Morgan fingerprint density at radius 3 is 1.94 bits per heavy atom. The molecular formula is C21H14F8O6. The molecule has 3 rings (SSSR count). The van der Waals surface area contributed by atoms with E-state index in [1.54, 1.807) is 0 Å². The van der Waals surface area contributed by atoms with E-state index in [1.165, 1.54) is 13.8 Å². The Labute approximate surface area is 191 Å². The maximum absolute atomic E-state index is 14.0. The molecule has 2 atom stereocenters. The van der Waals surface area contributed by atoms with Crippen LogP contribution in [0.2, 0.25) is 0 Å². The van der Waals surface area contributed by atoms with Crippen LogP contribution in [0.25, 0.3) is 0 Å². The van der Waals surface area contributed by atoms with Crippen molar-refractivity contribution in [2.75, 3.05) is 0 Å². The summed E-state index contributed by atoms with van der Waals surface area (Å²) in [5.74, 6) is -20.7. The summed E-state index contributed by atoms with van der Waals surface area (Å²) in [6.07, 6.45) is -7.25. The second kappa shape index (κ2) is 9.32. The summed E-state index contributed by atoms with van der Waals surface area (Å²) < 4.78 is 124. The molecular weight excluding hydrogens is 500 g/mol. The van der Waals surface area contributed by atoms with Gasteiger partial charge in [-0.25, -0.2) is 18.0 Å². The molecule has 1 aliphatic heterocycles. The molecule has 1 unspecified atom stereocenters. The highest BCUT2D eigenvalue weighted by molar-refractivity contribution is 5.86. The molecule has 2 aromatic carbocycles. The van der Waals surface area contributed by atoms with Gasteiger partial charge in [0, 0.05) is 13.8 Å². The number of carbonyl (C=O) groups excluding carboxylic acids is 2. The van der Waals surface area contributed by atoms with E-state index in [9.17, 15) is 44.7 Å². The number of halogens is 8. The van der Waals surface area contributed by atoms with Gasteiger partial charge in [0.05, 0.1) is 5.92 Å². The fraction of sp³-hybridized carbons (Fsp3) is 0.333. The second-order valence-electron chi connectivity index (χ2n) is 7.68. The minimum Gasteiger partial charge on any atom is -0.432 e. The summed E-state index contributed by atoms with van der Waals surface area (Å²) in [6, 6.07) is 3.91. The number of cyclic esters (lactones) is 1. The number of esters is 2. The van der Waals surface area contributed by atoms with E-state index in [0.717, 1.165) is 24.3 Å². The minimum absolute atomic E-state index is 0.0972. The Morgan fingerprint density at radius 1 is 0.971 bits per heavy atom. The predicted molar refractivity (Wildman–Crippen MR) is 97.2 cm³/mol. The van der Waals surface area contributed by atoms with Crippen LogP contribution >= 0.6 is 0 Å². The zero-order valence-electron chi connectivity index (χ0n) is 17.6. The van der Waals surface area contributed by atoms with Gasteiger partial charge in [-0.3, -0.25) is 4.79 Å². The van der Waals surface area contributed by atoms with Gasteiger partial charge in [-0.15, -0.1) is 13.2 Å². The summed E-state index contributed by atoms with van der Waals surface area (Å²) in [6.45, 7) is 2.58. The molecule has 6 nitrogen and oxygen atoms in total. The average Bonchev–Trinajstić information content (AvgIpc) is 3.04. The highest BCUT2D eigenvalue weighted by Crippen LogP contribution is 2.34.